The van der Waals surface area contributed by atoms with E-state index in [1.807, 2.05) is 50.2 Å². The van der Waals surface area contributed by atoms with Crippen LogP contribution in [0.2, 0.25) is 0 Å². The highest BCUT2D eigenvalue weighted by atomic mass is 16.1. The van der Waals surface area contributed by atoms with E-state index in [1.54, 1.807) is 35.5 Å². The van der Waals surface area contributed by atoms with Crippen molar-refractivity contribution >= 4 is 5.91 Å². The molecule has 28 heavy (non-hydrogen) atoms. The van der Waals surface area contributed by atoms with Crippen molar-refractivity contribution < 1.29 is 4.79 Å². The number of aromatic amines is 1. The van der Waals surface area contributed by atoms with Gasteiger partial charge in [-0.3, -0.25) is 4.79 Å². The number of hydrogen-bond acceptors (Lipinski definition) is 4. The Balaban J connectivity index is 1.58. The number of pyridine rings is 1. The molecule has 0 spiro atoms. The summed E-state index contributed by atoms with van der Waals surface area (Å²) in [4.78, 5) is 24.6. The van der Waals surface area contributed by atoms with E-state index in [0.717, 1.165) is 22.6 Å². The fraction of sp³-hybridized carbons (Fsp3) is 0.143. The number of amides is 1. The van der Waals surface area contributed by atoms with Gasteiger partial charge in [-0.2, -0.15) is 5.10 Å². The zero-order chi connectivity index (χ0) is 19.5. The molecule has 4 aromatic rings. The summed E-state index contributed by atoms with van der Waals surface area (Å²) in [6, 6.07) is 12.9. The summed E-state index contributed by atoms with van der Waals surface area (Å²) >= 11 is 0. The molecule has 0 saturated carbocycles. The van der Waals surface area contributed by atoms with Gasteiger partial charge in [0, 0.05) is 35.4 Å². The van der Waals surface area contributed by atoms with E-state index in [1.165, 1.54) is 0 Å². The molecule has 140 valence electrons. The van der Waals surface area contributed by atoms with Crippen molar-refractivity contribution in [1.82, 2.24) is 30.0 Å². The van der Waals surface area contributed by atoms with E-state index < -0.39 is 0 Å². The molecule has 1 aromatic carbocycles. The highest BCUT2D eigenvalue weighted by Gasteiger charge is 2.19. The Morgan fingerprint density at radius 3 is 2.68 bits per heavy atom. The van der Waals surface area contributed by atoms with Gasteiger partial charge in [-0.1, -0.05) is 24.3 Å². The van der Waals surface area contributed by atoms with Gasteiger partial charge in [0.2, 0.25) is 0 Å². The van der Waals surface area contributed by atoms with Crippen LogP contribution in [0.15, 0.2) is 67.3 Å². The quantitative estimate of drug-likeness (QED) is 0.561. The van der Waals surface area contributed by atoms with Crippen LogP contribution in [0, 0.1) is 6.92 Å². The predicted octanol–water partition coefficient (Wildman–Crippen LogP) is 3.46. The van der Waals surface area contributed by atoms with Crippen LogP contribution in [0.5, 0.6) is 0 Å². The van der Waals surface area contributed by atoms with Crippen molar-refractivity contribution in [3.63, 3.8) is 0 Å². The average Bonchev–Trinajstić information content (AvgIpc) is 3.38. The molecular weight excluding hydrogens is 352 g/mol. The third kappa shape index (κ3) is 3.29. The Kier molecular flexibility index (Phi) is 4.72. The molecule has 1 amide bonds. The molecule has 0 bridgehead atoms. The molecule has 0 saturated heterocycles. The normalized spacial score (nSPS) is 11.9. The molecule has 0 radical (unpaired) electrons. The van der Waals surface area contributed by atoms with E-state index in [9.17, 15) is 4.79 Å². The number of rotatable bonds is 5. The van der Waals surface area contributed by atoms with Gasteiger partial charge in [-0.25, -0.2) is 14.6 Å². The minimum atomic E-state index is -0.213. The molecule has 7 heteroatoms. The lowest BCUT2D eigenvalue weighted by molar-refractivity contribution is 0.0940. The van der Waals surface area contributed by atoms with Crippen molar-refractivity contribution in [3.8, 4) is 17.2 Å². The first-order valence-corrected chi connectivity index (χ1v) is 9.00. The van der Waals surface area contributed by atoms with E-state index in [0.29, 0.717) is 11.4 Å². The molecule has 0 aliphatic carbocycles. The van der Waals surface area contributed by atoms with Gasteiger partial charge in [-0.05, 0) is 32.0 Å². The summed E-state index contributed by atoms with van der Waals surface area (Å²) in [6.07, 6.45) is 6.91. The highest BCUT2D eigenvalue weighted by Crippen LogP contribution is 2.23. The van der Waals surface area contributed by atoms with E-state index >= 15 is 0 Å². The van der Waals surface area contributed by atoms with Crippen molar-refractivity contribution in [1.29, 1.82) is 0 Å². The first-order chi connectivity index (χ1) is 13.6. The van der Waals surface area contributed by atoms with Gasteiger partial charge in [-0.15, -0.1) is 0 Å². The van der Waals surface area contributed by atoms with Crippen molar-refractivity contribution in [2.45, 2.75) is 19.9 Å². The molecule has 7 nitrogen and oxygen atoms in total. The lowest BCUT2D eigenvalue weighted by atomic mass is 10.0. The predicted molar refractivity (Wildman–Crippen MR) is 106 cm³/mol. The SMILES string of the molecule is Cc1c([C@@H](C)NC(=O)c2ccccc2-c2ncc[nH]2)cnn1-c1ccccn1. The summed E-state index contributed by atoms with van der Waals surface area (Å²) < 4.78 is 1.77. The number of carbonyl (C=O) groups is 1. The van der Waals surface area contributed by atoms with Crippen LogP contribution < -0.4 is 5.32 Å². The van der Waals surface area contributed by atoms with Gasteiger partial charge in [0.1, 0.15) is 5.82 Å². The molecule has 3 aromatic heterocycles. The van der Waals surface area contributed by atoms with Crippen molar-refractivity contribution in [3.05, 3.63) is 84.1 Å². The highest BCUT2D eigenvalue weighted by molar-refractivity contribution is 6.00. The van der Waals surface area contributed by atoms with Crippen LogP contribution >= 0.6 is 0 Å². The smallest absolute Gasteiger partial charge is 0.252 e. The Bertz CT molecular complexity index is 1090. The average molecular weight is 372 g/mol. The number of benzene rings is 1. The number of aromatic nitrogens is 5. The maximum Gasteiger partial charge on any atom is 0.252 e. The zero-order valence-electron chi connectivity index (χ0n) is 15.6. The van der Waals surface area contributed by atoms with Crippen LogP contribution in [0.4, 0.5) is 0 Å². The molecule has 0 fully saturated rings. The third-order valence-corrected chi connectivity index (χ3v) is 4.65. The van der Waals surface area contributed by atoms with Crippen molar-refractivity contribution in [2.75, 3.05) is 0 Å². The van der Waals surface area contributed by atoms with Crippen LogP contribution in [-0.4, -0.2) is 30.6 Å². The molecule has 3 heterocycles. The number of carbonyl (C=O) groups excluding carboxylic acids is 1. The molecular formula is C21H20N6O. The molecule has 4 rings (SSSR count). The zero-order valence-corrected chi connectivity index (χ0v) is 15.6. The first-order valence-electron chi connectivity index (χ1n) is 9.00. The molecule has 2 N–H and O–H groups in total. The largest absolute Gasteiger partial charge is 0.345 e. The fourth-order valence-electron chi connectivity index (χ4n) is 3.21. The summed E-state index contributed by atoms with van der Waals surface area (Å²) in [5.41, 5.74) is 3.21. The summed E-state index contributed by atoms with van der Waals surface area (Å²) in [6.45, 7) is 3.91. The van der Waals surface area contributed by atoms with Gasteiger partial charge in [0.25, 0.3) is 5.91 Å². The lowest BCUT2D eigenvalue weighted by Crippen LogP contribution is -2.27. The van der Waals surface area contributed by atoms with E-state index in [4.69, 9.17) is 0 Å². The minimum Gasteiger partial charge on any atom is -0.345 e. The lowest BCUT2D eigenvalue weighted by Gasteiger charge is -2.15. The van der Waals surface area contributed by atoms with Gasteiger partial charge >= 0.3 is 0 Å². The van der Waals surface area contributed by atoms with Gasteiger partial charge < -0.3 is 10.3 Å². The second kappa shape index (κ2) is 7.48. The summed E-state index contributed by atoms with van der Waals surface area (Å²) in [7, 11) is 0. The van der Waals surface area contributed by atoms with Gasteiger partial charge in [0.05, 0.1) is 17.8 Å². The standard InChI is InChI=1S/C21H20N6O/c1-14(18-13-25-27(15(18)2)19-9-5-6-10-22-19)26-21(28)17-8-4-3-7-16(17)20-23-11-12-24-20/h3-14H,1-2H3,(H,23,24)(H,26,28)/t14-/m1/s1. The molecule has 0 aliphatic rings. The van der Waals surface area contributed by atoms with E-state index in [2.05, 4.69) is 25.4 Å². The Labute approximate surface area is 162 Å². The van der Waals surface area contributed by atoms with E-state index in [-0.39, 0.29) is 11.9 Å². The van der Waals surface area contributed by atoms with Crippen LogP contribution in [0.25, 0.3) is 17.2 Å². The topological polar surface area (TPSA) is 88.5 Å². The number of imidazole rings is 1. The monoisotopic (exact) mass is 372 g/mol. The molecule has 0 unspecified atom stereocenters. The number of nitrogens with one attached hydrogen (secondary N) is 2. The second-order valence-corrected chi connectivity index (χ2v) is 6.46. The van der Waals surface area contributed by atoms with Gasteiger partial charge in [0.15, 0.2) is 5.82 Å². The Morgan fingerprint density at radius 1 is 1.11 bits per heavy atom. The van der Waals surface area contributed by atoms with Crippen LogP contribution in [-0.2, 0) is 0 Å². The number of hydrogen-bond donors (Lipinski definition) is 2. The minimum absolute atomic E-state index is 0.163. The van der Waals surface area contributed by atoms with Crippen LogP contribution in [0.3, 0.4) is 0 Å². The molecule has 1 atom stereocenters. The third-order valence-electron chi connectivity index (χ3n) is 4.65. The van der Waals surface area contributed by atoms with Crippen molar-refractivity contribution in [2.24, 2.45) is 0 Å². The number of H-pyrrole nitrogens is 1. The second-order valence-electron chi connectivity index (χ2n) is 6.46. The summed E-state index contributed by atoms with van der Waals surface area (Å²) in [5.74, 6) is 1.25. The Hall–Kier alpha value is -3.74. The molecule has 0 aliphatic heterocycles. The number of nitrogens with zero attached hydrogens (tertiary/aromatic N) is 4. The maximum absolute atomic E-state index is 12.9. The maximum atomic E-state index is 12.9. The first kappa shape index (κ1) is 17.7. The fourth-order valence-corrected chi connectivity index (χ4v) is 3.21. The Morgan fingerprint density at radius 2 is 1.93 bits per heavy atom. The van der Waals surface area contributed by atoms with Crippen LogP contribution in [0.1, 0.15) is 34.6 Å². The summed E-state index contributed by atoms with van der Waals surface area (Å²) in [5, 5.41) is 7.50.